The summed E-state index contributed by atoms with van der Waals surface area (Å²) in [5.74, 6) is -1.77. The molecule has 1 saturated carbocycles. The number of aromatic nitrogens is 2. The summed E-state index contributed by atoms with van der Waals surface area (Å²) in [5, 5.41) is 13.2. The number of benzene rings is 1. The van der Waals surface area contributed by atoms with Crippen LogP contribution in [0.4, 0.5) is 10.8 Å². The third-order valence-electron chi connectivity index (χ3n) is 5.39. The summed E-state index contributed by atoms with van der Waals surface area (Å²) in [4.78, 5) is 24.9. The van der Waals surface area contributed by atoms with E-state index in [1.165, 1.54) is 17.8 Å². The highest BCUT2D eigenvalue weighted by Gasteiger charge is 2.33. The van der Waals surface area contributed by atoms with Gasteiger partial charge in [-0.15, -0.1) is 10.2 Å². The molecule has 0 aliphatic heterocycles. The van der Waals surface area contributed by atoms with Gasteiger partial charge in [-0.05, 0) is 38.3 Å². The Morgan fingerprint density at radius 1 is 1.10 bits per heavy atom. The van der Waals surface area contributed by atoms with Crippen molar-refractivity contribution in [2.75, 3.05) is 16.4 Å². The Labute approximate surface area is 186 Å². The fourth-order valence-corrected chi connectivity index (χ4v) is 6.15. The van der Waals surface area contributed by atoms with Crippen LogP contribution >= 0.6 is 11.3 Å². The molecule has 168 valence electrons. The van der Waals surface area contributed by atoms with Gasteiger partial charge in [0, 0.05) is 11.6 Å². The molecular formula is C21H28N4O4S2. The smallest absolute Gasteiger partial charge is 0.244 e. The number of hydrogen-bond donors (Lipinski definition) is 2. The minimum atomic E-state index is -4.00. The van der Waals surface area contributed by atoms with Gasteiger partial charge < -0.3 is 5.32 Å². The summed E-state index contributed by atoms with van der Waals surface area (Å²) in [7, 11) is -4.00. The molecular weight excluding hydrogens is 436 g/mol. The Bertz CT molecular complexity index is 1010. The Hall–Kier alpha value is -2.33. The van der Waals surface area contributed by atoms with E-state index in [9.17, 15) is 18.0 Å². The van der Waals surface area contributed by atoms with Gasteiger partial charge in [-0.2, -0.15) is 0 Å². The predicted molar refractivity (Wildman–Crippen MR) is 122 cm³/mol. The number of amides is 2. The molecule has 10 heteroatoms. The molecule has 0 radical (unpaired) electrons. The number of carbonyl (C=O) groups is 2. The summed E-state index contributed by atoms with van der Waals surface area (Å²) in [6.07, 6.45) is 5.72. The highest BCUT2D eigenvalue weighted by atomic mass is 32.2. The molecule has 0 bridgehead atoms. The van der Waals surface area contributed by atoms with Crippen molar-refractivity contribution in [3.05, 3.63) is 34.8 Å². The summed E-state index contributed by atoms with van der Waals surface area (Å²) in [6, 6.07) is 7.03. The second-order valence-electron chi connectivity index (χ2n) is 7.89. The van der Waals surface area contributed by atoms with Crippen LogP contribution in [0.3, 0.4) is 0 Å². The standard InChI is InChI=1S/C21H28N4O4S2/c1-3-17(31(28,29)13-18(26)22-16-11-9-14(2)10-12-16)19(27)23-21-25-24-20(30-21)15-7-5-4-6-8-15/h9-12,15,17H,3-8,13H2,1-2H3,(H,22,26)(H,23,25,27). The molecule has 1 unspecified atom stereocenters. The largest absolute Gasteiger partial charge is 0.325 e. The van der Waals surface area contributed by atoms with Crippen LogP contribution in [0.1, 0.15) is 61.9 Å². The van der Waals surface area contributed by atoms with E-state index < -0.39 is 32.7 Å². The average molecular weight is 465 g/mol. The zero-order valence-electron chi connectivity index (χ0n) is 17.8. The van der Waals surface area contributed by atoms with Gasteiger partial charge in [0.1, 0.15) is 16.0 Å². The molecule has 0 saturated heterocycles. The van der Waals surface area contributed by atoms with Crippen molar-refractivity contribution in [3.8, 4) is 0 Å². The van der Waals surface area contributed by atoms with Crippen LogP contribution < -0.4 is 10.6 Å². The van der Waals surface area contributed by atoms with Gasteiger partial charge in [0.2, 0.25) is 16.9 Å². The van der Waals surface area contributed by atoms with Crippen molar-refractivity contribution in [3.63, 3.8) is 0 Å². The van der Waals surface area contributed by atoms with Crippen LogP contribution in [0, 0.1) is 6.92 Å². The van der Waals surface area contributed by atoms with Crippen molar-refractivity contribution < 1.29 is 18.0 Å². The van der Waals surface area contributed by atoms with E-state index in [1.54, 1.807) is 19.1 Å². The maximum atomic E-state index is 12.7. The van der Waals surface area contributed by atoms with Crippen molar-refractivity contribution >= 4 is 43.8 Å². The second-order valence-corrected chi connectivity index (χ2v) is 11.1. The Morgan fingerprint density at radius 3 is 2.42 bits per heavy atom. The van der Waals surface area contributed by atoms with Gasteiger partial charge >= 0.3 is 0 Å². The summed E-state index contributed by atoms with van der Waals surface area (Å²) in [5.41, 5.74) is 1.53. The first-order chi connectivity index (χ1) is 14.8. The van der Waals surface area contributed by atoms with Gasteiger partial charge in [0.15, 0.2) is 9.84 Å². The van der Waals surface area contributed by atoms with Gasteiger partial charge in [-0.1, -0.05) is 55.2 Å². The molecule has 1 atom stereocenters. The molecule has 2 amide bonds. The first-order valence-electron chi connectivity index (χ1n) is 10.5. The average Bonchev–Trinajstić information content (AvgIpc) is 3.18. The van der Waals surface area contributed by atoms with E-state index in [2.05, 4.69) is 20.8 Å². The molecule has 1 heterocycles. The molecule has 0 spiro atoms. The first-order valence-corrected chi connectivity index (χ1v) is 13.0. The van der Waals surface area contributed by atoms with Crippen LogP contribution in [-0.4, -0.2) is 41.4 Å². The highest BCUT2D eigenvalue weighted by molar-refractivity contribution is 7.93. The quantitative estimate of drug-likeness (QED) is 0.615. The van der Waals surface area contributed by atoms with Gasteiger partial charge in [-0.3, -0.25) is 14.9 Å². The third-order valence-corrected chi connectivity index (χ3v) is 8.47. The lowest BCUT2D eigenvalue weighted by Gasteiger charge is -2.18. The lowest BCUT2D eigenvalue weighted by molar-refractivity contribution is -0.115. The number of rotatable bonds is 8. The molecule has 1 fully saturated rings. The summed E-state index contributed by atoms with van der Waals surface area (Å²) in [6.45, 7) is 3.52. The molecule has 2 N–H and O–H groups in total. The topological polar surface area (TPSA) is 118 Å². The number of sulfone groups is 1. The number of nitrogens with zero attached hydrogens (tertiary/aromatic N) is 2. The molecule has 8 nitrogen and oxygen atoms in total. The lowest BCUT2D eigenvalue weighted by Crippen LogP contribution is -2.39. The first kappa shape index (κ1) is 23.3. The van der Waals surface area contributed by atoms with E-state index in [-0.39, 0.29) is 6.42 Å². The minimum Gasteiger partial charge on any atom is -0.325 e. The zero-order valence-corrected chi connectivity index (χ0v) is 19.4. The maximum absolute atomic E-state index is 12.7. The molecule has 31 heavy (non-hydrogen) atoms. The SMILES string of the molecule is CCC(C(=O)Nc1nnc(C2CCCCC2)s1)S(=O)(=O)CC(=O)Nc1ccc(C)cc1. The number of hydrogen-bond acceptors (Lipinski definition) is 7. The fourth-order valence-electron chi connectivity index (χ4n) is 3.71. The van der Waals surface area contributed by atoms with Crippen molar-refractivity contribution in [1.82, 2.24) is 10.2 Å². The number of nitrogens with one attached hydrogen (secondary N) is 2. The fraction of sp³-hybridized carbons (Fsp3) is 0.524. The Morgan fingerprint density at radius 2 is 1.77 bits per heavy atom. The van der Waals surface area contributed by atoms with E-state index in [4.69, 9.17) is 0 Å². The summed E-state index contributed by atoms with van der Waals surface area (Å²) < 4.78 is 25.5. The minimum absolute atomic E-state index is 0.0558. The van der Waals surface area contributed by atoms with Crippen LogP contribution in [-0.2, 0) is 19.4 Å². The van der Waals surface area contributed by atoms with E-state index >= 15 is 0 Å². The van der Waals surface area contributed by atoms with Crippen molar-refractivity contribution in [2.24, 2.45) is 0 Å². The molecule has 1 aliphatic rings. The third kappa shape index (κ3) is 6.33. The second kappa shape index (κ2) is 10.3. The number of carbonyl (C=O) groups excluding carboxylic acids is 2. The van der Waals surface area contributed by atoms with Crippen LogP contribution in [0.5, 0.6) is 0 Å². The van der Waals surface area contributed by atoms with Crippen molar-refractivity contribution in [2.45, 2.75) is 63.5 Å². The van der Waals surface area contributed by atoms with Crippen LogP contribution in [0.2, 0.25) is 0 Å². The Kier molecular flexibility index (Phi) is 7.77. The van der Waals surface area contributed by atoms with E-state index in [0.717, 1.165) is 36.3 Å². The molecule has 2 aromatic rings. The predicted octanol–water partition coefficient (Wildman–Crippen LogP) is 3.66. The Balaban J connectivity index is 1.61. The maximum Gasteiger partial charge on any atom is 0.244 e. The molecule has 3 rings (SSSR count). The van der Waals surface area contributed by atoms with Gasteiger partial charge in [0.25, 0.3) is 0 Å². The van der Waals surface area contributed by atoms with Crippen molar-refractivity contribution in [1.29, 1.82) is 0 Å². The lowest BCUT2D eigenvalue weighted by atomic mass is 9.90. The van der Waals surface area contributed by atoms with Crippen LogP contribution in [0.15, 0.2) is 24.3 Å². The molecule has 1 aromatic heterocycles. The van der Waals surface area contributed by atoms with E-state index in [1.807, 2.05) is 19.1 Å². The number of aryl methyl sites for hydroxylation is 1. The van der Waals surface area contributed by atoms with Gasteiger partial charge in [0.05, 0.1) is 0 Å². The zero-order chi connectivity index (χ0) is 22.4. The normalized spacial score (nSPS) is 15.9. The van der Waals surface area contributed by atoms with Gasteiger partial charge in [-0.25, -0.2) is 8.42 Å². The number of anilines is 2. The molecule has 1 aliphatic carbocycles. The van der Waals surface area contributed by atoms with E-state index in [0.29, 0.717) is 16.7 Å². The highest BCUT2D eigenvalue weighted by Crippen LogP contribution is 2.35. The van der Waals surface area contributed by atoms with Crippen LogP contribution in [0.25, 0.3) is 0 Å². The monoisotopic (exact) mass is 464 g/mol. The summed E-state index contributed by atoms with van der Waals surface area (Å²) >= 11 is 1.29. The molecule has 1 aromatic carbocycles.